The van der Waals surface area contributed by atoms with E-state index in [4.69, 9.17) is 0 Å². The van der Waals surface area contributed by atoms with Crippen molar-refractivity contribution in [3.8, 4) is 17.5 Å². The number of hydrogen-bond acceptors (Lipinski definition) is 6. The Balaban J connectivity index is 2.01. The molecule has 0 spiro atoms. The smallest absolute Gasteiger partial charge is 0.225 e. The molecule has 0 bridgehead atoms. The summed E-state index contributed by atoms with van der Waals surface area (Å²) in [5.74, 6) is 1.07. The second-order valence-corrected chi connectivity index (χ2v) is 4.71. The van der Waals surface area contributed by atoms with Crippen LogP contribution in [0.2, 0.25) is 0 Å². The maximum absolute atomic E-state index is 9.18. The first-order valence-electron chi connectivity index (χ1n) is 7.04. The number of aromatic nitrogens is 3. The Morgan fingerprint density at radius 1 is 1.00 bits per heavy atom. The summed E-state index contributed by atoms with van der Waals surface area (Å²) in [4.78, 5) is 13.1. The second kappa shape index (κ2) is 6.54. The van der Waals surface area contributed by atoms with E-state index >= 15 is 0 Å². The van der Waals surface area contributed by atoms with Gasteiger partial charge in [0.05, 0.1) is 22.6 Å². The first-order valence-corrected chi connectivity index (χ1v) is 7.04. The molecule has 6 heteroatoms. The Hall–Kier alpha value is -3.46. The summed E-state index contributed by atoms with van der Waals surface area (Å²) >= 11 is 0. The molecule has 0 aliphatic carbocycles. The highest BCUT2D eigenvalue weighted by atomic mass is 15.1. The molecule has 0 fully saturated rings. The highest BCUT2D eigenvalue weighted by Gasteiger charge is 2.08. The molecular formula is C17H14N6. The molecule has 2 N–H and O–H groups in total. The molecule has 0 saturated heterocycles. The number of para-hydroxylation sites is 1. The van der Waals surface area contributed by atoms with Crippen LogP contribution >= 0.6 is 0 Å². The molecule has 3 rings (SSSR count). The molecule has 112 valence electrons. The first kappa shape index (κ1) is 14.5. The van der Waals surface area contributed by atoms with E-state index in [2.05, 4.69) is 31.7 Å². The van der Waals surface area contributed by atoms with Crippen molar-refractivity contribution >= 4 is 17.5 Å². The number of rotatable bonds is 4. The van der Waals surface area contributed by atoms with Crippen LogP contribution in [-0.4, -0.2) is 22.0 Å². The van der Waals surface area contributed by atoms with E-state index < -0.39 is 0 Å². The van der Waals surface area contributed by atoms with Crippen LogP contribution in [-0.2, 0) is 0 Å². The van der Waals surface area contributed by atoms with Crippen molar-refractivity contribution in [2.75, 3.05) is 17.7 Å². The highest BCUT2D eigenvalue weighted by Crippen LogP contribution is 2.23. The predicted octanol–water partition coefficient (Wildman–Crippen LogP) is 3.20. The Bertz CT molecular complexity index is 854. The predicted molar refractivity (Wildman–Crippen MR) is 89.2 cm³/mol. The summed E-state index contributed by atoms with van der Waals surface area (Å²) in [7, 11) is 1.75. The molecule has 0 atom stereocenters. The van der Waals surface area contributed by atoms with Gasteiger partial charge in [0.15, 0.2) is 0 Å². The van der Waals surface area contributed by atoms with Crippen molar-refractivity contribution in [2.45, 2.75) is 0 Å². The topological polar surface area (TPSA) is 86.5 Å². The van der Waals surface area contributed by atoms with E-state index in [9.17, 15) is 5.26 Å². The van der Waals surface area contributed by atoms with Crippen LogP contribution in [0.25, 0.3) is 11.4 Å². The number of benzene rings is 1. The summed E-state index contributed by atoms with van der Waals surface area (Å²) in [6.45, 7) is 0. The molecule has 3 aromatic rings. The fraction of sp³-hybridized carbons (Fsp3) is 0.0588. The van der Waals surface area contributed by atoms with E-state index in [1.165, 1.54) is 0 Å². The summed E-state index contributed by atoms with van der Waals surface area (Å²) in [5.41, 5.74) is 2.70. The Labute approximate surface area is 133 Å². The summed E-state index contributed by atoms with van der Waals surface area (Å²) < 4.78 is 0. The average Bonchev–Trinajstić information content (AvgIpc) is 2.62. The van der Waals surface area contributed by atoms with Crippen molar-refractivity contribution in [1.29, 1.82) is 5.26 Å². The van der Waals surface area contributed by atoms with Crippen LogP contribution in [0, 0.1) is 11.3 Å². The SMILES string of the molecule is CNc1nc(Nc2ccccc2C#N)cc(-c2ccccn2)n1. The molecule has 23 heavy (non-hydrogen) atoms. The van der Waals surface area contributed by atoms with E-state index in [1.54, 1.807) is 25.4 Å². The monoisotopic (exact) mass is 302 g/mol. The van der Waals surface area contributed by atoms with Gasteiger partial charge in [-0.05, 0) is 24.3 Å². The zero-order valence-electron chi connectivity index (χ0n) is 12.5. The lowest BCUT2D eigenvalue weighted by atomic mass is 10.2. The van der Waals surface area contributed by atoms with E-state index in [0.29, 0.717) is 28.7 Å². The third-order valence-corrected chi connectivity index (χ3v) is 3.19. The summed E-state index contributed by atoms with van der Waals surface area (Å²) in [5, 5.41) is 15.3. The van der Waals surface area contributed by atoms with Crippen molar-refractivity contribution in [2.24, 2.45) is 0 Å². The van der Waals surface area contributed by atoms with Gasteiger partial charge in [0.1, 0.15) is 11.9 Å². The van der Waals surface area contributed by atoms with Crippen molar-refractivity contribution in [3.05, 3.63) is 60.3 Å². The van der Waals surface area contributed by atoms with Gasteiger partial charge in [0.25, 0.3) is 0 Å². The lowest BCUT2D eigenvalue weighted by Gasteiger charge is -2.10. The lowest BCUT2D eigenvalue weighted by Crippen LogP contribution is -2.03. The van der Waals surface area contributed by atoms with Crippen LogP contribution in [0.5, 0.6) is 0 Å². The molecule has 0 amide bonds. The largest absolute Gasteiger partial charge is 0.357 e. The molecule has 2 heterocycles. The van der Waals surface area contributed by atoms with Gasteiger partial charge in [-0.2, -0.15) is 10.2 Å². The van der Waals surface area contributed by atoms with E-state index in [0.717, 1.165) is 5.69 Å². The minimum absolute atomic E-state index is 0.477. The van der Waals surface area contributed by atoms with Gasteiger partial charge in [-0.15, -0.1) is 0 Å². The highest BCUT2D eigenvalue weighted by molar-refractivity contribution is 5.68. The van der Waals surface area contributed by atoms with Crippen molar-refractivity contribution in [3.63, 3.8) is 0 Å². The molecule has 0 aliphatic heterocycles. The number of nitrogens with zero attached hydrogens (tertiary/aromatic N) is 4. The zero-order valence-corrected chi connectivity index (χ0v) is 12.5. The van der Waals surface area contributed by atoms with Gasteiger partial charge >= 0.3 is 0 Å². The van der Waals surface area contributed by atoms with Gasteiger partial charge in [0.2, 0.25) is 5.95 Å². The minimum atomic E-state index is 0.477. The number of nitrogens with one attached hydrogen (secondary N) is 2. The number of hydrogen-bond donors (Lipinski definition) is 2. The van der Waals surface area contributed by atoms with Gasteiger partial charge in [-0.3, -0.25) is 4.98 Å². The standard InChI is InChI=1S/C17H14N6/c1-19-17-22-15(14-8-4-5-9-20-14)10-16(23-17)21-13-7-3-2-6-12(13)11-18/h2-10H,1H3,(H2,19,21,22,23). The average molecular weight is 302 g/mol. The van der Waals surface area contributed by atoms with Crippen molar-refractivity contribution in [1.82, 2.24) is 15.0 Å². The van der Waals surface area contributed by atoms with Crippen LogP contribution in [0.4, 0.5) is 17.5 Å². The minimum Gasteiger partial charge on any atom is -0.357 e. The maximum Gasteiger partial charge on any atom is 0.225 e. The molecule has 0 unspecified atom stereocenters. The third kappa shape index (κ3) is 3.24. The number of pyridine rings is 1. The molecule has 0 aliphatic rings. The molecule has 2 aromatic heterocycles. The molecule has 6 nitrogen and oxygen atoms in total. The third-order valence-electron chi connectivity index (χ3n) is 3.19. The molecule has 0 saturated carbocycles. The fourth-order valence-electron chi connectivity index (χ4n) is 2.10. The fourth-order valence-corrected chi connectivity index (χ4v) is 2.10. The quantitative estimate of drug-likeness (QED) is 0.769. The van der Waals surface area contributed by atoms with E-state index in [1.807, 2.05) is 36.4 Å². The van der Waals surface area contributed by atoms with Crippen LogP contribution in [0.1, 0.15) is 5.56 Å². The Morgan fingerprint density at radius 3 is 2.57 bits per heavy atom. The van der Waals surface area contributed by atoms with Crippen LogP contribution in [0.15, 0.2) is 54.7 Å². The molecule has 1 aromatic carbocycles. The normalized spacial score (nSPS) is 9.91. The zero-order chi connectivity index (χ0) is 16.1. The summed E-state index contributed by atoms with van der Waals surface area (Å²) in [6, 6.07) is 16.9. The summed E-state index contributed by atoms with van der Waals surface area (Å²) in [6.07, 6.45) is 1.72. The van der Waals surface area contributed by atoms with Gasteiger partial charge in [0, 0.05) is 19.3 Å². The van der Waals surface area contributed by atoms with E-state index in [-0.39, 0.29) is 0 Å². The number of nitriles is 1. The molecular weight excluding hydrogens is 288 g/mol. The Kier molecular flexibility index (Phi) is 4.11. The Morgan fingerprint density at radius 2 is 1.83 bits per heavy atom. The van der Waals surface area contributed by atoms with Gasteiger partial charge in [-0.25, -0.2) is 4.98 Å². The van der Waals surface area contributed by atoms with Crippen LogP contribution in [0.3, 0.4) is 0 Å². The first-order chi connectivity index (χ1) is 11.3. The lowest BCUT2D eigenvalue weighted by molar-refractivity contribution is 1.14. The van der Waals surface area contributed by atoms with Crippen molar-refractivity contribution < 1.29 is 0 Å². The number of anilines is 3. The van der Waals surface area contributed by atoms with Gasteiger partial charge in [-0.1, -0.05) is 18.2 Å². The molecule has 0 radical (unpaired) electrons. The van der Waals surface area contributed by atoms with Gasteiger partial charge < -0.3 is 10.6 Å². The van der Waals surface area contributed by atoms with Crippen LogP contribution < -0.4 is 10.6 Å². The second-order valence-electron chi connectivity index (χ2n) is 4.71. The maximum atomic E-state index is 9.18.